The number of hydrogen-bond acceptors (Lipinski definition) is 2. The van der Waals surface area contributed by atoms with Crippen LogP contribution >= 0.6 is 15.9 Å². The van der Waals surface area contributed by atoms with E-state index in [-0.39, 0.29) is 0 Å². The van der Waals surface area contributed by atoms with E-state index in [4.69, 9.17) is 5.73 Å². The SMILES string of the molecule is CC1(CNc2ccc(N)cc2Br)CCC1. The largest absolute Gasteiger partial charge is 0.399 e. The molecule has 0 spiro atoms. The van der Waals surface area contributed by atoms with E-state index in [1.807, 2.05) is 18.2 Å². The van der Waals surface area contributed by atoms with Gasteiger partial charge in [0.25, 0.3) is 0 Å². The predicted octanol–water partition coefficient (Wildman–Crippen LogP) is 3.63. The van der Waals surface area contributed by atoms with Crippen LogP contribution < -0.4 is 11.1 Å². The molecule has 0 aromatic heterocycles. The molecule has 0 heterocycles. The minimum atomic E-state index is 0.501. The smallest absolute Gasteiger partial charge is 0.0486 e. The van der Waals surface area contributed by atoms with E-state index in [1.165, 1.54) is 19.3 Å². The summed E-state index contributed by atoms with van der Waals surface area (Å²) in [5.74, 6) is 0. The van der Waals surface area contributed by atoms with Gasteiger partial charge in [-0.3, -0.25) is 0 Å². The highest BCUT2D eigenvalue weighted by molar-refractivity contribution is 9.10. The second kappa shape index (κ2) is 4.05. The number of anilines is 2. The van der Waals surface area contributed by atoms with Gasteiger partial charge in [-0.25, -0.2) is 0 Å². The molecule has 1 aromatic carbocycles. The van der Waals surface area contributed by atoms with Gasteiger partial charge < -0.3 is 11.1 Å². The van der Waals surface area contributed by atoms with Crippen molar-refractivity contribution < 1.29 is 0 Å². The zero-order valence-corrected chi connectivity index (χ0v) is 10.6. The van der Waals surface area contributed by atoms with Gasteiger partial charge in [0.05, 0.1) is 0 Å². The maximum absolute atomic E-state index is 5.69. The molecule has 1 aliphatic carbocycles. The zero-order valence-electron chi connectivity index (χ0n) is 9.02. The Labute approximate surface area is 99.4 Å². The van der Waals surface area contributed by atoms with Crippen molar-refractivity contribution in [1.82, 2.24) is 0 Å². The Morgan fingerprint density at radius 3 is 2.73 bits per heavy atom. The van der Waals surface area contributed by atoms with E-state index in [2.05, 4.69) is 28.2 Å². The van der Waals surface area contributed by atoms with Gasteiger partial charge in [-0.2, -0.15) is 0 Å². The predicted molar refractivity (Wildman–Crippen MR) is 69.0 cm³/mol. The molecule has 15 heavy (non-hydrogen) atoms. The van der Waals surface area contributed by atoms with Crippen LogP contribution in [0.15, 0.2) is 22.7 Å². The van der Waals surface area contributed by atoms with Crippen LogP contribution in [0.5, 0.6) is 0 Å². The molecule has 3 N–H and O–H groups in total. The monoisotopic (exact) mass is 268 g/mol. The first-order valence-corrected chi connectivity index (χ1v) is 6.17. The fourth-order valence-electron chi connectivity index (χ4n) is 1.94. The number of rotatable bonds is 3. The number of benzene rings is 1. The molecule has 1 aromatic rings. The molecule has 2 rings (SSSR count). The van der Waals surface area contributed by atoms with Crippen LogP contribution in [0.2, 0.25) is 0 Å². The average molecular weight is 269 g/mol. The number of halogens is 1. The molecule has 0 aliphatic heterocycles. The Balaban J connectivity index is 1.98. The Morgan fingerprint density at radius 1 is 1.47 bits per heavy atom. The van der Waals surface area contributed by atoms with Crippen molar-refractivity contribution in [3.8, 4) is 0 Å². The molecular weight excluding hydrogens is 252 g/mol. The van der Waals surface area contributed by atoms with Crippen LogP contribution in [0.3, 0.4) is 0 Å². The van der Waals surface area contributed by atoms with Gasteiger partial charge in [-0.15, -0.1) is 0 Å². The summed E-state index contributed by atoms with van der Waals surface area (Å²) in [6.45, 7) is 3.39. The van der Waals surface area contributed by atoms with Crippen molar-refractivity contribution in [1.29, 1.82) is 0 Å². The first-order chi connectivity index (χ1) is 7.09. The van der Waals surface area contributed by atoms with E-state index in [9.17, 15) is 0 Å². The van der Waals surface area contributed by atoms with Crippen molar-refractivity contribution in [3.63, 3.8) is 0 Å². The molecule has 1 fully saturated rings. The van der Waals surface area contributed by atoms with E-state index in [0.29, 0.717) is 5.41 Å². The maximum Gasteiger partial charge on any atom is 0.0486 e. The van der Waals surface area contributed by atoms with Gasteiger partial charge in [-0.1, -0.05) is 13.3 Å². The summed E-state index contributed by atoms with van der Waals surface area (Å²) in [7, 11) is 0. The van der Waals surface area contributed by atoms with Gasteiger partial charge in [-0.05, 0) is 52.4 Å². The molecule has 1 saturated carbocycles. The second-order valence-corrected chi connectivity index (χ2v) is 5.61. The second-order valence-electron chi connectivity index (χ2n) is 4.76. The summed E-state index contributed by atoms with van der Waals surface area (Å²) >= 11 is 3.51. The summed E-state index contributed by atoms with van der Waals surface area (Å²) in [4.78, 5) is 0. The molecule has 2 nitrogen and oxygen atoms in total. The highest BCUT2D eigenvalue weighted by Gasteiger charge is 2.31. The first-order valence-electron chi connectivity index (χ1n) is 5.38. The molecule has 1 aliphatic rings. The Kier molecular flexibility index (Phi) is 2.91. The summed E-state index contributed by atoms with van der Waals surface area (Å²) in [6.07, 6.45) is 4.06. The lowest BCUT2D eigenvalue weighted by atomic mass is 9.70. The maximum atomic E-state index is 5.69. The highest BCUT2D eigenvalue weighted by Crippen LogP contribution is 2.40. The number of hydrogen-bond donors (Lipinski definition) is 2. The molecule has 82 valence electrons. The fourth-order valence-corrected chi connectivity index (χ4v) is 2.48. The van der Waals surface area contributed by atoms with Crippen LogP contribution in [0.4, 0.5) is 11.4 Å². The van der Waals surface area contributed by atoms with Crippen LogP contribution in [-0.4, -0.2) is 6.54 Å². The normalized spacial score (nSPS) is 18.3. The van der Waals surface area contributed by atoms with Crippen LogP contribution in [0, 0.1) is 5.41 Å². The Morgan fingerprint density at radius 2 is 2.20 bits per heavy atom. The van der Waals surface area contributed by atoms with Gasteiger partial charge in [0.1, 0.15) is 0 Å². The minimum Gasteiger partial charge on any atom is -0.399 e. The average Bonchev–Trinajstić information content (AvgIpc) is 2.14. The van der Waals surface area contributed by atoms with Gasteiger partial charge in [0.2, 0.25) is 0 Å². The summed E-state index contributed by atoms with van der Waals surface area (Å²) in [5.41, 5.74) is 8.12. The third-order valence-corrected chi connectivity index (χ3v) is 3.92. The van der Waals surface area contributed by atoms with E-state index >= 15 is 0 Å². The number of nitrogens with one attached hydrogen (secondary N) is 1. The van der Waals surface area contributed by atoms with Gasteiger partial charge in [0.15, 0.2) is 0 Å². The molecule has 0 saturated heterocycles. The Hall–Kier alpha value is -0.700. The summed E-state index contributed by atoms with van der Waals surface area (Å²) in [6, 6.07) is 5.89. The third kappa shape index (κ3) is 2.46. The summed E-state index contributed by atoms with van der Waals surface area (Å²) < 4.78 is 1.05. The number of nitrogen functional groups attached to an aromatic ring is 1. The van der Waals surface area contributed by atoms with Crippen molar-refractivity contribution in [3.05, 3.63) is 22.7 Å². The topological polar surface area (TPSA) is 38.0 Å². The minimum absolute atomic E-state index is 0.501. The van der Waals surface area contributed by atoms with Gasteiger partial charge in [0, 0.05) is 22.4 Å². The van der Waals surface area contributed by atoms with E-state index < -0.39 is 0 Å². The molecule has 0 unspecified atom stereocenters. The van der Waals surface area contributed by atoms with Crippen molar-refractivity contribution >= 4 is 27.3 Å². The molecule has 3 heteroatoms. The molecule has 0 atom stereocenters. The number of nitrogens with two attached hydrogens (primary N) is 1. The van der Waals surface area contributed by atoms with Crippen molar-refractivity contribution in [2.75, 3.05) is 17.6 Å². The standard InChI is InChI=1S/C12H17BrN2/c1-12(5-2-6-12)8-15-11-4-3-9(14)7-10(11)13/h3-4,7,15H,2,5-6,8,14H2,1H3. The molecule has 0 amide bonds. The highest BCUT2D eigenvalue weighted by atomic mass is 79.9. The van der Waals surface area contributed by atoms with Crippen LogP contribution in [0.1, 0.15) is 26.2 Å². The molecular formula is C12H17BrN2. The Bertz CT molecular complexity index is 359. The van der Waals surface area contributed by atoms with Crippen molar-refractivity contribution in [2.45, 2.75) is 26.2 Å². The molecule has 0 radical (unpaired) electrons. The van der Waals surface area contributed by atoms with E-state index in [0.717, 1.165) is 22.4 Å². The van der Waals surface area contributed by atoms with Crippen LogP contribution in [0.25, 0.3) is 0 Å². The third-order valence-electron chi connectivity index (χ3n) is 3.26. The lowest BCUT2D eigenvalue weighted by Gasteiger charge is -2.38. The van der Waals surface area contributed by atoms with Gasteiger partial charge >= 0.3 is 0 Å². The fraction of sp³-hybridized carbons (Fsp3) is 0.500. The quantitative estimate of drug-likeness (QED) is 0.822. The lowest BCUT2D eigenvalue weighted by Crippen LogP contribution is -2.33. The lowest BCUT2D eigenvalue weighted by molar-refractivity contribution is 0.180. The van der Waals surface area contributed by atoms with E-state index in [1.54, 1.807) is 0 Å². The van der Waals surface area contributed by atoms with Crippen LogP contribution in [-0.2, 0) is 0 Å². The first kappa shape index (κ1) is 10.8. The summed E-state index contributed by atoms with van der Waals surface area (Å²) in [5, 5.41) is 3.48. The molecule has 0 bridgehead atoms. The van der Waals surface area contributed by atoms with Crippen molar-refractivity contribution in [2.24, 2.45) is 5.41 Å². The zero-order chi connectivity index (χ0) is 10.9.